The second kappa shape index (κ2) is 8.52. The van der Waals surface area contributed by atoms with E-state index in [-0.39, 0.29) is 12.6 Å². The van der Waals surface area contributed by atoms with Gasteiger partial charge in [-0.25, -0.2) is 4.79 Å². The second-order valence-electron chi connectivity index (χ2n) is 7.08. The average Bonchev–Trinajstić information content (AvgIpc) is 3.07. The van der Waals surface area contributed by atoms with Crippen LogP contribution in [0.4, 0.5) is 4.79 Å². The third-order valence-electron chi connectivity index (χ3n) is 5.04. The number of carbonyl (C=O) groups excluding carboxylic acids is 2. The van der Waals surface area contributed by atoms with Crippen LogP contribution in [-0.4, -0.2) is 54.5 Å². The minimum atomic E-state index is -1.04. The normalized spacial score (nSPS) is 28.6. The van der Waals surface area contributed by atoms with Crippen molar-refractivity contribution in [1.29, 1.82) is 0 Å². The molecule has 140 valence electrons. The Labute approximate surface area is 149 Å². The van der Waals surface area contributed by atoms with E-state index in [0.717, 1.165) is 24.8 Å². The van der Waals surface area contributed by atoms with Gasteiger partial charge in [-0.15, -0.1) is 0 Å². The number of methoxy groups -OCH3 is 1. The van der Waals surface area contributed by atoms with Crippen molar-refractivity contribution in [2.75, 3.05) is 20.3 Å². The summed E-state index contributed by atoms with van der Waals surface area (Å²) < 4.78 is 10.3. The van der Waals surface area contributed by atoms with Crippen molar-refractivity contribution in [2.24, 2.45) is 5.41 Å². The van der Waals surface area contributed by atoms with E-state index in [9.17, 15) is 14.7 Å². The molecule has 0 aromatic heterocycles. The van der Waals surface area contributed by atoms with E-state index in [1.807, 2.05) is 26.0 Å². The molecule has 6 nitrogen and oxygen atoms in total. The summed E-state index contributed by atoms with van der Waals surface area (Å²) in [5, 5.41) is 10.5. The van der Waals surface area contributed by atoms with Crippen molar-refractivity contribution in [2.45, 2.75) is 58.1 Å². The van der Waals surface area contributed by atoms with Crippen LogP contribution in [0.25, 0.3) is 0 Å². The molecule has 0 aromatic carbocycles. The van der Waals surface area contributed by atoms with E-state index in [0.29, 0.717) is 19.4 Å². The van der Waals surface area contributed by atoms with Crippen molar-refractivity contribution in [3.05, 3.63) is 23.8 Å². The van der Waals surface area contributed by atoms with Gasteiger partial charge in [0, 0.05) is 6.54 Å². The summed E-state index contributed by atoms with van der Waals surface area (Å²) >= 11 is 0. The molecule has 1 aliphatic heterocycles. The Balaban J connectivity index is 2.07. The summed E-state index contributed by atoms with van der Waals surface area (Å²) in [4.78, 5) is 26.2. The van der Waals surface area contributed by atoms with Crippen LogP contribution in [0, 0.1) is 5.41 Å². The Morgan fingerprint density at radius 3 is 2.76 bits per heavy atom. The monoisotopic (exact) mass is 351 g/mol. The van der Waals surface area contributed by atoms with Gasteiger partial charge in [0.25, 0.3) is 0 Å². The molecule has 1 N–H and O–H groups in total. The Bertz CT molecular complexity index is 552. The number of aliphatic hydroxyl groups excluding tert-OH is 1. The maximum absolute atomic E-state index is 12.8. The van der Waals surface area contributed by atoms with Gasteiger partial charge in [0.2, 0.25) is 0 Å². The fourth-order valence-electron chi connectivity index (χ4n) is 3.45. The molecule has 1 aliphatic carbocycles. The molecule has 1 heterocycles. The van der Waals surface area contributed by atoms with E-state index in [2.05, 4.69) is 0 Å². The summed E-state index contributed by atoms with van der Waals surface area (Å²) in [6.07, 6.45) is 7.87. The Morgan fingerprint density at radius 1 is 1.36 bits per heavy atom. The van der Waals surface area contributed by atoms with E-state index >= 15 is 0 Å². The standard InChI is InChI=1S/C19H29NO5/c1-14(2)9-11-19(10-5-4-8-16(19)21)17(22)25-13-15-7-6-12-20(15)18(23)24-3/h5,9-10,15-16,21H,4,6-8,11-13H2,1-3H3/t15-,16-,19-/m0/s1. The zero-order valence-electron chi connectivity index (χ0n) is 15.4. The summed E-state index contributed by atoms with van der Waals surface area (Å²) in [6, 6.07) is -0.165. The topological polar surface area (TPSA) is 76.1 Å². The molecule has 0 spiro atoms. The number of ether oxygens (including phenoxy) is 2. The van der Waals surface area contributed by atoms with Gasteiger partial charge in [0.15, 0.2) is 0 Å². The lowest BCUT2D eigenvalue weighted by Crippen LogP contribution is -2.45. The number of esters is 1. The predicted molar refractivity (Wildman–Crippen MR) is 94.0 cm³/mol. The fraction of sp³-hybridized carbons (Fsp3) is 0.684. The number of hydrogen-bond donors (Lipinski definition) is 1. The number of aliphatic hydroxyl groups is 1. The molecule has 3 atom stereocenters. The summed E-state index contributed by atoms with van der Waals surface area (Å²) in [7, 11) is 1.35. The first-order valence-electron chi connectivity index (χ1n) is 8.91. The van der Waals surface area contributed by atoms with Crippen LogP contribution in [0.5, 0.6) is 0 Å². The maximum atomic E-state index is 12.8. The zero-order valence-corrected chi connectivity index (χ0v) is 15.4. The number of likely N-dealkylation sites (tertiary alicyclic amines) is 1. The SMILES string of the molecule is COC(=O)N1CCC[C@H]1COC(=O)[C@]1(CC=C(C)C)C=CCC[C@@H]1O. The van der Waals surface area contributed by atoms with Gasteiger partial charge in [0.1, 0.15) is 12.0 Å². The minimum Gasteiger partial charge on any atom is -0.463 e. The first-order valence-corrected chi connectivity index (χ1v) is 8.91. The van der Waals surface area contributed by atoms with Crippen LogP contribution in [0.2, 0.25) is 0 Å². The van der Waals surface area contributed by atoms with E-state index in [1.54, 1.807) is 11.0 Å². The second-order valence-corrected chi connectivity index (χ2v) is 7.08. The van der Waals surface area contributed by atoms with Crippen molar-refractivity contribution >= 4 is 12.1 Å². The molecule has 1 saturated heterocycles. The number of nitrogens with zero attached hydrogens (tertiary/aromatic N) is 1. The fourth-order valence-corrected chi connectivity index (χ4v) is 3.45. The number of amides is 1. The Hall–Kier alpha value is -1.82. The highest BCUT2D eigenvalue weighted by atomic mass is 16.6. The van der Waals surface area contributed by atoms with E-state index in [1.165, 1.54) is 7.11 Å². The van der Waals surface area contributed by atoms with E-state index < -0.39 is 23.6 Å². The summed E-state index contributed by atoms with van der Waals surface area (Å²) in [5.41, 5.74) is 0.0514. The molecule has 0 radical (unpaired) electrons. The summed E-state index contributed by atoms with van der Waals surface area (Å²) in [6.45, 7) is 4.67. The van der Waals surface area contributed by atoms with Crippen LogP contribution >= 0.6 is 0 Å². The van der Waals surface area contributed by atoms with Crippen molar-refractivity contribution < 1.29 is 24.2 Å². The van der Waals surface area contributed by atoms with Gasteiger partial charge in [-0.3, -0.25) is 4.79 Å². The van der Waals surface area contributed by atoms with Gasteiger partial charge >= 0.3 is 12.1 Å². The first-order chi connectivity index (χ1) is 11.9. The molecule has 2 rings (SSSR count). The highest BCUT2D eigenvalue weighted by Gasteiger charge is 2.45. The van der Waals surface area contributed by atoms with Gasteiger partial charge in [0.05, 0.1) is 19.3 Å². The quantitative estimate of drug-likeness (QED) is 0.609. The maximum Gasteiger partial charge on any atom is 0.409 e. The highest BCUT2D eigenvalue weighted by Crippen LogP contribution is 2.37. The van der Waals surface area contributed by atoms with Gasteiger partial charge in [-0.2, -0.15) is 0 Å². The van der Waals surface area contributed by atoms with Crippen LogP contribution in [0.1, 0.15) is 46.0 Å². The third kappa shape index (κ3) is 4.42. The smallest absolute Gasteiger partial charge is 0.409 e. The molecular formula is C19H29NO5. The highest BCUT2D eigenvalue weighted by molar-refractivity contribution is 5.80. The van der Waals surface area contributed by atoms with Crippen molar-refractivity contribution in [1.82, 2.24) is 4.90 Å². The number of carbonyl (C=O) groups is 2. The molecule has 0 unspecified atom stereocenters. The molecule has 0 bridgehead atoms. The largest absolute Gasteiger partial charge is 0.463 e. The van der Waals surface area contributed by atoms with Gasteiger partial charge < -0.3 is 19.5 Å². The molecular weight excluding hydrogens is 322 g/mol. The van der Waals surface area contributed by atoms with Crippen molar-refractivity contribution in [3.8, 4) is 0 Å². The molecule has 1 amide bonds. The molecule has 0 saturated carbocycles. The first kappa shape index (κ1) is 19.5. The van der Waals surface area contributed by atoms with Crippen LogP contribution in [0.15, 0.2) is 23.8 Å². The molecule has 1 fully saturated rings. The lowest BCUT2D eigenvalue weighted by molar-refractivity contribution is -0.161. The van der Waals surface area contributed by atoms with Gasteiger partial charge in [-0.05, 0) is 46.0 Å². The Morgan fingerprint density at radius 2 is 2.12 bits per heavy atom. The van der Waals surface area contributed by atoms with Crippen molar-refractivity contribution in [3.63, 3.8) is 0 Å². The van der Waals surface area contributed by atoms with E-state index in [4.69, 9.17) is 9.47 Å². The Kier molecular flexibility index (Phi) is 6.64. The lowest BCUT2D eigenvalue weighted by Gasteiger charge is -2.35. The molecule has 25 heavy (non-hydrogen) atoms. The van der Waals surface area contributed by atoms with Gasteiger partial charge in [-0.1, -0.05) is 23.8 Å². The number of allylic oxidation sites excluding steroid dienone is 3. The molecule has 2 aliphatic rings. The van der Waals surface area contributed by atoms with Crippen LogP contribution in [-0.2, 0) is 14.3 Å². The number of hydrogen-bond acceptors (Lipinski definition) is 5. The predicted octanol–water partition coefficient (Wildman–Crippen LogP) is 2.81. The lowest BCUT2D eigenvalue weighted by atomic mass is 9.73. The van der Waals surface area contributed by atoms with Crippen LogP contribution in [0.3, 0.4) is 0 Å². The molecule has 0 aromatic rings. The van der Waals surface area contributed by atoms with Crippen LogP contribution < -0.4 is 0 Å². The minimum absolute atomic E-state index is 0.130. The number of rotatable bonds is 5. The average molecular weight is 351 g/mol. The third-order valence-corrected chi connectivity index (χ3v) is 5.04. The summed E-state index contributed by atoms with van der Waals surface area (Å²) in [5.74, 6) is -0.426. The molecule has 6 heteroatoms. The zero-order chi connectivity index (χ0) is 18.4.